The van der Waals surface area contributed by atoms with Gasteiger partial charge in [0.05, 0.1) is 6.42 Å². The molecule has 0 bridgehead atoms. The van der Waals surface area contributed by atoms with E-state index >= 15 is 0 Å². The largest absolute Gasteiger partial charge is 0.481 e. The fraction of sp³-hybridized carbons (Fsp3) is 0.800. The molecule has 0 aromatic rings. The molecule has 0 aliphatic rings. The van der Waals surface area contributed by atoms with Gasteiger partial charge in [-0.2, -0.15) is 0 Å². The molecule has 0 aliphatic carbocycles. The van der Waals surface area contributed by atoms with Crippen molar-refractivity contribution in [1.29, 1.82) is 0 Å². The number of carboxylic acid groups (broad SMARTS) is 1. The van der Waals surface area contributed by atoms with Crippen molar-refractivity contribution in [3.05, 3.63) is 0 Å². The third kappa shape index (κ3) is 6.46. The van der Waals surface area contributed by atoms with Crippen LogP contribution in [0.5, 0.6) is 0 Å². The molecule has 1 N–H and O–H groups in total. The van der Waals surface area contributed by atoms with Gasteiger partial charge in [-0.15, -0.1) is 0 Å². The predicted molar refractivity (Wildman–Crippen MR) is 54.0 cm³/mol. The maximum Gasteiger partial charge on any atom is 0.305 e. The number of hydrogen-bond acceptors (Lipinski definition) is 2. The number of carbonyl (C=O) groups is 2. The van der Waals surface area contributed by atoms with E-state index in [-0.39, 0.29) is 12.3 Å². The first-order valence-electron chi connectivity index (χ1n) is 5.05. The summed E-state index contributed by atoms with van der Waals surface area (Å²) >= 11 is 0. The summed E-state index contributed by atoms with van der Waals surface area (Å²) in [7, 11) is 0. The summed E-state index contributed by atoms with van der Waals surface area (Å²) in [6.07, 6.45) is 3.17. The first-order valence-corrected chi connectivity index (χ1v) is 5.05. The second-order valence-corrected chi connectivity index (χ2v) is 3.36. The fourth-order valence-electron chi connectivity index (χ4n) is 1.21. The molecule has 0 heterocycles. The van der Waals surface area contributed by atoms with Crippen LogP contribution in [0.4, 0.5) is 0 Å². The van der Waals surface area contributed by atoms with E-state index in [1.807, 2.05) is 0 Å². The van der Waals surface area contributed by atoms with Crippen molar-refractivity contribution in [2.24, 2.45) is 0 Å². The average Bonchev–Trinajstić information content (AvgIpc) is 2.10. The zero-order valence-corrected chi connectivity index (χ0v) is 8.95. The Morgan fingerprint density at radius 2 is 1.86 bits per heavy atom. The minimum atomic E-state index is -0.855. The molecule has 0 radical (unpaired) electrons. The number of rotatable bonds is 7. The van der Waals surface area contributed by atoms with Crippen molar-refractivity contribution in [2.75, 3.05) is 13.1 Å². The minimum absolute atomic E-state index is 0.0334. The Morgan fingerprint density at radius 1 is 1.21 bits per heavy atom. The molecule has 4 heteroatoms. The maximum absolute atomic E-state index is 11.1. The average molecular weight is 201 g/mol. The number of hydrogen-bond donors (Lipinski definition) is 1. The third-order valence-electron chi connectivity index (χ3n) is 2.07. The van der Waals surface area contributed by atoms with Gasteiger partial charge in [0, 0.05) is 20.0 Å². The SMILES string of the molecule is CCCCCN(CCC(=O)O)C(C)=O. The Labute approximate surface area is 84.9 Å². The molecule has 4 nitrogen and oxygen atoms in total. The molecule has 0 unspecified atom stereocenters. The Hall–Kier alpha value is -1.06. The summed E-state index contributed by atoms with van der Waals surface area (Å²) in [5, 5.41) is 8.48. The third-order valence-corrected chi connectivity index (χ3v) is 2.07. The fourth-order valence-corrected chi connectivity index (χ4v) is 1.21. The molecule has 82 valence electrons. The van der Waals surface area contributed by atoms with Crippen LogP contribution < -0.4 is 0 Å². The second-order valence-electron chi connectivity index (χ2n) is 3.36. The Kier molecular flexibility index (Phi) is 6.80. The number of carbonyl (C=O) groups excluding carboxylic acids is 1. The second kappa shape index (κ2) is 7.35. The first-order chi connectivity index (χ1) is 6.57. The highest BCUT2D eigenvalue weighted by atomic mass is 16.4. The molecular formula is C10H19NO3. The van der Waals surface area contributed by atoms with Gasteiger partial charge in [0.2, 0.25) is 5.91 Å². The summed E-state index contributed by atoms with van der Waals surface area (Å²) in [5.74, 6) is -0.894. The molecule has 14 heavy (non-hydrogen) atoms. The summed E-state index contributed by atoms with van der Waals surface area (Å²) in [4.78, 5) is 23.0. The molecule has 1 amide bonds. The van der Waals surface area contributed by atoms with Gasteiger partial charge in [-0.25, -0.2) is 0 Å². The van der Waals surface area contributed by atoms with Crippen LogP contribution in [0.15, 0.2) is 0 Å². The highest BCUT2D eigenvalue weighted by molar-refractivity contribution is 5.74. The molecular weight excluding hydrogens is 182 g/mol. The van der Waals surface area contributed by atoms with Gasteiger partial charge in [-0.1, -0.05) is 19.8 Å². The quantitative estimate of drug-likeness (QED) is 0.635. The van der Waals surface area contributed by atoms with Crippen molar-refractivity contribution in [1.82, 2.24) is 4.90 Å². The Balaban J connectivity index is 3.78. The van der Waals surface area contributed by atoms with Crippen LogP contribution in [-0.2, 0) is 9.59 Å². The van der Waals surface area contributed by atoms with Gasteiger partial charge in [0.25, 0.3) is 0 Å². The Bertz CT molecular complexity index is 192. The van der Waals surface area contributed by atoms with E-state index in [2.05, 4.69) is 6.92 Å². The van der Waals surface area contributed by atoms with Gasteiger partial charge in [-0.05, 0) is 6.42 Å². The molecule has 0 aromatic carbocycles. The standard InChI is InChI=1S/C10H19NO3/c1-3-4-5-7-11(9(2)12)8-6-10(13)14/h3-8H2,1-2H3,(H,13,14). The molecule has 0 atom stereocenters. The molecule has 0 aromatic heterocycles. The summed E-state index contributed by atoms with van der Waals surface area (Å²) < 4.78 is 0. The smallest absolute Gasteiger partial charge is 0.305 e. The van der Waals surface area contributed by atoms with E-state index < -0.39 is 5.97 Å². The van der Waals surface area contributed by atoms with Gasteiger partial charge >= 0.3 is 5.97 Å². The van der Waals surface area contributed by atoms with E-state index in [0.717, 1.165) is 19.3 Å². The number of aliphatic carboxylic acids is 1. The molecule has 0 aliphatic heterocycles. The van der Waals surface area contributed by atoms with Crippen molar-refractivity contribution in [3.63, 3.8) is 0 Å². The zero-order valence-electron chi connectivity index (χ0n) is 8.95. The van der Waals surface area contributed by atoms with Crippen molar-refractivity contribution in [3.8, 4) is 0 Å². The van der Waals surface area contributed by atoms with E-state index in [0.29, 0.717) is 13.1 Å². The normalized spacial score (nSPS) is 9.86. The van der Waals surface area contributed by atoms with E-state index in [9.17, 15) is 9.59 Å². The zero-order chi connectivity index (χ0) is 11.0. The van der Waals surface area contributed by atoms with Crippen LogP contribution in [-0.4, -0.2) is 35.0 Å². The molecule has 0 rings (SSSR count). The first kappa shape index (κ1) is 12.9. The van der Waals surface area contributed by atoms with E-state index in [1.54, 1.807) is 4.90 Å². The lowest BCUT2D eigenvalue weighted by Gasteiger charge is -2.19. The van der Waals surface area contributed by atoms with Crippen molar-refractivity contribution >= 4 is 11.9 Å². The van der Waals surface area contributed by atoms with Crippen LogP contribution in [0.2, 0.25) is 0 Å². The van der Waals surface area contributed by atoms with E-state index in [1.165, 1.54) is 6.92 Å². The monoisotopic (exact) mass is 201 g/mol. The van der Waals surface area contributed by atoms with Gasteiger partial charge in [0.15, 0.2) is 0 Å². The minimum Gasteiger partial charge on any atom is -0.481 e. The molecule has 0 spiro atoms. The van der Waals surface area contributed by atoms with Crippen LogP contribution in [0, 0.1) is 0 Å². The van der Waals surface area contributed by atoms with Crippen LogP contribution >= 0.6 is 0 Å². The Morgan fingerprint density at radius 3 is 2.29 bits per heavy atom. The highest BCUT2D eigenvalue weighted by Crippen LogP contribution is 2.00. The summed E-state index contributed by atoms with van der Waals surface area (Å²) in [6.45, 7) is 4.58. The lowest BCUT2D eigenvalue weighted by molar-refractivity contribution is -0.138. The lowest BCUT2D eigenvalue weighted by atomic mass is 10.2. The highest BCUT2D eigenvalue weighted by Gasteiger charge is 2.09. The van der Waals surface area contributed by atoms with Crippen molar-refractivity contribution < 1.29 is 14.7 Å². The molecule has 0 saturated heterocycles. The number of unbranched alkanes of at least 4 members (excludes halogenated alkanes) is 2. The number of carboxylic acids is 1. The van der Waals surface area contributed by atoms with Gasteiger partial charge in [0.1, 0.15) is 0 Å². The summed E-state index contributed by atoms with van der Waals surface area (Å²) in [5.41, 5.74) is 0. The molecule has 0 saturated carbocycles. The molecule has 0 fully saturated rings. The number of nitrogens with zero attached hydrogens (tertiary/aromatic N) is 1. The maximum atomic E-state index is 11.1. The van der Waals surface area contributed by atoms with Crippen LogP contribution in [0.3, 0.4) is 0 Å². The van der Waals surface area contributed by atoms with E-state index in [4.69, 9.17) is 5.11 Å². The summed E-state index contributed by atoms with van der Waals surface area (Å²) in [6, 6.07) is 0. The lowest BCUT2D eigenvalue weighted by Crippen LogP contribution is -2.31. The van der Waals surface area contributed by atoms with Gasteiger partial charge < -0.3 is 10.0 Å². The number of amides is 1. The van der Waals surface area contributed by atoms with Gasteiger partial charge in [-0.3, -0.25) is 9.59 Å². The topological polar surface area (TPSA) is 57.6 Å². The van der Waals surface area contributed by atoms with Crippen molar-refractivity contribution in [2.45, 2.75) is 39.5 Å². The van der Waals surface area contributed by atoms with Crippen LogP contribution in [0.1, 0.15) is 39.5 Å². The predicted octanol–water partition coefficient (Wildman–Crippen LogP) is 1.50. The van der Waals surface area contributed by atoms with Crippen LogP contribution in [0.25, 0.3) is 0 Å².